The molecule has 19 heavy (non-hydrogen) atoms. The number of ether oxygens (including phenoxy) is 3. The molecule has 0 heterocycles. The zero-order valence-electron chi connectivity index (χ0n) is 12.1. The number of aryl methyl sites for hydroxylation is 2. The van der Waals surface area contributed by atoms with Gasteiger partial charge in [-0.15, -0.1) is 0 Å². The monoisotopic (exact) mass is 266 g/mol. The molecule has 0 saturated carbocycles. The van der Waals surface area contributed by atoms with E-state index in [2.05, 4.69) is 0 Å². The normalized spacial score (nSPS) is 10.8. The lowest BCUT2D eigenvalue weighted by Gasteiger charge is -2.19. The summed E-state index contributed by atoms with van der Waals surface area (Å²) >= 11 is 0. The van der Waals surface area contributed by atoms with Crippen molar-refractivity contribution in [3.8, 4) is 5.75 Å². The summed E-state index contributed by atoms with van der Waals surface area (Å²) in [6.07, 6.45) is 0.479. The van der Waals surface area contributed by atoms with E-state index in [1.807, 2.05) is 39.8 Å². The van der Waals surface area contributed by atoms with Crippen molar-refractivity contribution in [2.45, 2.75) is 34.0 Å². The minimum absolute atomic E-state index is 0.337. The molecular formula is C15H22O4. The Kier molecular flexibility index (Phi) is 6.53. The molecule has 0 atom stereocenters. The van der Waals surface area contributed by atoms with Crippen LogP contribution in [0.2, 0.25) is 0 Å². The second kappa shape index (κ2) is 7.92. The summed E-state index contributed by atoms with van der Waals surface area (Å²) < 4.78 is 16.6. The molecule has 1 rings (SSSR count). The summed E-state index contributed by atoms with van der Waals surface area (Å²) in [6, 6.07) is 3.62. The van der Waals surface area contributed by atoms with Crippen LogP contribution in [-0.2, 0) is 9.47 Å². The molecule has 0 aliphatic heterocycles. The molecule has 0 aliphatic carbocycles. The molecule has 4 heteroatoms. The Bertz CT molecular complexity index is 386. The number of benzene rings is 1. The number of hydrogen-bond donors (Lipinski definition) is 0. The first-order valence-electron chi connectivity index (χ1n) is 6.54. The van der Waals surface area contributed by atoms with Crippen molar-refractivity contribution in [1.29, 1.82) is 0 Å². The van der Waals surface area contributed by atoms with Gasteiger partial charge < -0.3 is 14.2 Å². The van der Waals surface area contributed by atoms with Crippen LogP contribution in [0, 0.1) is 13.8 Å². The van der Waals surface area contributed by atoms with E-state index in [-0.39, 0.29) is 6.29 Å². The number of carbonyl (C=O) groups is 1. The van der Waals surface area contributed by atoms with Gasteiger partial charge in [-0.05, 0) is 51.0 Å². The van der Waals surface area contributed by atoms with E-state index in [4.69, 9.17) is 14.2 Å². The minimum Gasteiger partial charge on any atom is -0.488 e. The highest BCUT2D eigenvalue weighted by Crippen LogP contribution is 2.24. The van der Waals surface area contributed by atoms with E-state index < -0.39 is 0 Å². The molecule has 0 fully saturated rings. The zero-order chi connectivity index (χ0) is 14.3. The van der Waals surface area contributed by atoms with Gasteiger partial charge in [-0.1, -0.05) is 0 Å². The SMILES string of the molecule is CCOC(COc1c(C)cc(C=O)cc1C)OCC. The Morgan fingerprint density at radius 2 is 1.63 bits per heavy atom. The average molecular weight is 266 g/mol. The first-order chi connectivity index (χ1) is 9.12. The van der Waals surface area contributed by atoms with Crippen LogP contribution in [-0.4, -0.2) is 32.4 Å². The molecule has 106 valence electrons. The highest BCUT2D eigenvalue weighted by molar-refractivity contribution is 5.76. The predicted molar refractivity (Wildman–Crippen MR) is 73.8 cm³/mol. The highest BCUT2D eigenvalue weighted by Gasteiger charge is 2.12. The molecule has 0 aliphatic rings. The van der Waals surface area contributed by atoms with Crippen LogP contribution in [0.15, 0.2) is 12.1 Å². The third kappa shape index (κ3) is 4.65. The van der Waals surface area contributed by atoms with Crippen LogP contribution in [0.4, 0.5) is 0 Å². The lowest BCUT2D eigenvalue weighted by Crippen LogP contribution is -2.25. The van der Waals surface area contributed by atoms with Crippen molar-refractivity contribution in [2.75, 3.05) is 19.8 Å². The van der Waals surface area contributed by atoms with Gasteiger partial charge in [-0.2, -0.15) is 0 Å². The van der Waals surface area contributed by atoms with Gasteiger partial charge in [-0.25, -0.2) is 0 Å². The summed E-state index contributed by atoms with van der Waals surface area (Å²) in [5.74, 6) is 0.787. The lowest BCUT2D eigenvalue weighted by molar-refractivity contribution is -0.152. The molecule has 0 unspecified atom stereocenters. The van der Waals surface area contributed by atoms with Crippen molar-refractivity contribution in [3.05, 3.63) is 28.8 Å². The Balaban J connectivity index is 2.73. The van der Waals surface area contributed by atoms with Crippen molar-refractivity contribution in [1.82, 2.24) is 0 Å². The van der Waals surface area contributed by atoms with Crippen LogP contribution in [0.3, 0.4) is 0 Å². The molecule has 0 radical (unpaired) electrons. The molecule has 0 spiro atoms. The maximum absolute atomic E-state index is 10.8. The lowest BCUT2D eigenvalue weighted by atomic mass is 10.1. The summed E-state index contributed by atoms with van der Waals surface area (Å²) in [5, 5.41) is 0. The molecule has 4 nitrogen and oxygen atoms in total. The maximum Gasteiger partial charge on any atom is 0.191 e. The van der Waals surface area contributed by atoms with Crippen LogP contribution < -0.4 is 4.74 Å². The Hall–Kier alpha value is -1.39. The third-order valence-electron chi connectivity index (χ3n) is 2.69. The maximum atomic E-state index is 10.8. The molecule has 0 saturated heterocycles. The Morgan fingerprint density at radius 3 is 2.05 bits per heavy atom. The van der Waals surface area contributed by atoms with Crippen LogP contribution in [0.25, 0.3) is 0 Å². The minimum atomic E-state index is -0.362. The smallest absolute Gasteiger partial charge is 0.191 e. The van der Waals surface area contributed by atoms with Crippen LogP contribution in [0.1, 0.15) is 35.3 Å². The standard InChI is InChI=1S/C15H22O4/c1-5-17-14(18-6-2)10-19-15-11(3)7-13(9-16)8-12(15)4/h7-9,14H,5-6,10H2,1-4H3. The third-order valence-corrected chi connectivity index (χ3v) is 2.69. The van der Waals surface area contributed by atoms with Gasteiger partial charge >= 0.3 is 0 Å². The van der Waals surface area contributed by atoms with Gasteiger partial charge in [0.2, 0.25) is 0 Å². The fraction of sp³-hybridized carbons (Fsp3) is 0.533. The molecule has 0 aromatic heterocycles. The molecule has 0 bridgehead atoms. The van der Waals surface area contributed by atoms with Gasteiger partial charge in [0.25, 0.3) is 0 Å². The fourth-order valence-electron chi connectivity index (χ4n) is 1.95. The van der Waals surface area contributed by atoms with Crippen molar-refractivity contribution in [3.63, 3.8) is 0 Å². The fourth-order valence-corrected chi connectivity index (χ4v) is 1.95. The van der Waals surface area contributed by atoms with Gasteiger partial charge in [0.05, 0.1) is 0 Å². The number of carbonyl (C=O) groups excluding carboxylic acids is 1. The number of hydrogen-bond acceptors (Lipinski definition) is 4. The molecular weight excluding hydrogens is 244 g/mol. The number of rotatable bonds is 8. The van der Waals surface area contributed by atoms with E-state index in [0.717, 1.165) is 23.2 Å². The summed E-state index contributed by atoms with van der Waals surface area (Å²) in [7, 11) is 0. The van der Waals surface area contributed by atoms with Crippen LogP contribution >= 0.6 is 0 Å². The zero-order valence-corrected chi connectivity index (χ0v) is 12.1. The average Bonchev–Trinajstić information content (AvgIpc) is 2.37. The van der Waals surface area contributed by atoms with Crippen LogP contribution in [0.5, 0.6) is 5.75 Å². The first-order valence-corrected chi connectivity index (χ1v) is 6.54. The summed E-state index contributed by atoms with van der Waals surface area (Å²) in [4.78, 5) is 10.8. The van der Waals surface area contributed by atoms with Gasteiger partial charge in [0, 0.05) is 18.8 Å². The number of aldehydes is 1. The molecule has 1 aromatic carbocycles. The quantitative estimate of drug-likeness (QED) is 0.536. The van der Waals surface area contributed by atoms with E-state index in [0.29, 0.717) is 25.4 Å². The summed E-state index contributed by atoms with van der Waals surface area (Å²) in [5.41, 5.74) is 2.54. The topological polar surface area (TPSA) is 44.8 Å². The molecule has 0 amide bonds. The van der Waals surface area contributed by atoms with Gasteiger partial charge in [-0.3, -0.25) is 4.79 Å². The van der Waals surface area contributed by atoms with Crippen molar-refractivity contribution >= 4 is 6.29 Å². The first kappa shape index (κ1) is 15.7. The van der Waals surface area contributed by atoms with Crippen molar-refractivity contribution in [2.24, 2.45) is 0 Å². The van der Waals surface area contributed by atoms with Gasteiger partial charge in [0.1, 0.15) is 18.6 Å². The Labute approximate surface area is 114 Å². The second-order valence-electron chi connectivity index (χ2n) is 4.25. The van der Waals surface area contributed by atoms with E-state index >= 15 is 0 Å². The predicted octanol–water partition coefficient (Wildman–Crippen LogP) is 2.89. The summed E-state index contributed by atoms with van der Waals surface area (Å²) in [6.45, 7) is 9.18. The second-order valence-corrected chi connectivity index (χ2v) is 4.25. The van der Waals surface area contributed by atoms with Crippen molar-refractivity contribution < 1.29 is 19.0 Å². The van der Waals surface area contributed by atoms with E-state index in [9.17, 15) is 4.79 Å². The largest absolute Gasteiger partial charge is 0.488 e. The Morgan fingerprint density at radius 1 is 1.11 bits per heavy atom. The molecule has 1 aromatic rings. The molecule has 0 N–H and O–H groups in total. The van der Waals surface area contributed by atoms with Gasteiger partial charge in [0.15, 0.2) is 6.29 Å². The van der Waals surface area contributed by atoms with E-state index in [1.165, 1.54) is 0 Å². The highest BCUT2D eigenvalue weighted by atomic mass is 16.7. The van der Waals surface area contributed by atoms with E-state index in [1.54, 1.807) is 0 Å².